The van der Waals surface area contributed by atoms with Crippen LogP contribution in [-0.2, 0) is 0 Å². The molecule has 1 N–H and O–H groups in total. The SMILES string of the molecule is CCOc1ccc(C(=O)N/N=C2/CCCC(C)C2)cc1. The third kappa shape index (κ3) is 4.08. The first-order valence-electron chi connectivity index (χ1n) is 7.27. The first-order valence-corrected chi connectivity index (χ1v) is 7.27. The highest BCUT2D eigenvalue weighted by Gasteiger charge is 2.14. The molecule has 0 saturated heterocycles. The summed E-state index contributed by atoms with van der Waals surface area (Å²) in [7, 11) is 0. The molecule has 4 heteroatoms. The largest absolute Gasteiger partial charge is 0.494 e. The van der Waals surface area contributed by atoms with Gasteiger partial charge in [0.25, 0.3) is 5.91 Å². The van der Waals surface area contributed by atoms with Crippen molar-refractivity contribution in [1.82, 2.24) is 5.43 Å². The molecule has 1 unspecified atom stereocenters. The number of rotatable bonds is 4. The number of nitrogens with one attached hydrogen (secondary N) is 1. The Morgan fingerprint density at radius 2 is 2.15 bits per heavy atom. The Kier molecular flexibility index (Phi) is 5.16. The van der Waals surface area contributed by atoms with Gasteiger partial charge in [-0.1, -0.05) is 6.92 Å². The second kappa shape index (κ2) is 7.08. The molecular weight excluding hydrogens is 252 g/mol. The van der Waals surface area contributed by atoms with Crippen LogP contribution in [-0.4, -0.2) is 18.2 Å². The molecular formula is C16H22N2O2. The van der Waals surface area contributed by atoms with Gasteiger partial charge in [0.2, 0.25) is 0 Å². The summed E-state index contributed by atoms with van der Waals surface area (Å²) >= 11 is 0. The van der Waals surface area contributed by atoms with E-state index < -0.39 is 0 Å². The fraction of sp³-hybridized carbons (Fsp3) is 0.500. The second-order valence-electron chi connectivity index (χ2n) is 5.28. The van der Waals surface area contributed by atoms with Crippen LogP contribution in [0.3, 0.4) is 0 Å². The maximum absolute atomic E-state index is 12.0. The van der Waals surface area contributed by atoms with Gasteiger partial charge in [0.05, 0.1) is 6.61 Å². The van der Waals surface area contributed by atoms with E-state index in [1.807, 2.05) is 6.92 Å². The Labute approximate surface area is 120 Å². The summed E-state index contributed by atoms with van der Waals surface area (Å²) in [6.07, 6.45) is 4.40. The summed E-state index contributed by atoms with van der Waals surface area (Å²) in [5.41, 5.74) is 4.35. The summed E-state index contributed by atoms with van der Waals surface area (Å²) in [5, 5.41) is 4.25. The fourth-order valence-corrected chi connectivity index (χ4v) is 2.43. The number of carbonyl (C=O) groups is 1. The van der Waals surface area contributed by atoms with Crippen LogP contribution in [0, 0.1) is 5.92 Å². The quantitative estimate of drug-likeness (QED) is 0.856. The summed E-state index contributed by atoms with van der Waals surface area (Å²) in [6.45, 7) is 4.78. The smallest absolute Gasteiger partial charge is 0.271 e. The Hall–Kier alpha value is -1.84. The lowest BCUT2D eigenvalue weighted by molar-refractivity contribution is 0.0954. The average Bonchev–Trinajstić information content (AvgIpc) is 2.46. The fourth-order valence-electron chi connectivity index (χ4n) is 2.43. The van der Waals surface area contributed by atoms with Crippen LogP contribution in [0.25, 0.3) is 0 Å². The number of ether oxygens (including phenoxy) is 1. The van der Waals surface area contributed by atoms with Crippen LogP contribution in [0.1, 0.15) is 49.9 Å². The molecule has 1 atom stereocenters. The van der Waals surface area contributed by atoms with Crippen molar-refractivity contribution in [1.29, 1.82) is 0 Å². The third-order valence-electron chi connectivity index (χ3n) is 3.49. The van der Waals surface area contributed by atoms with Gasteiger partial charge in [0, 0.05) is 11.3 Å². The van der Waals surface area contributed by atoms with Crippen molar-refractivity contribution in [2.45, 2.75) is 39.5 Å². The van der Waals surface area contributed by atoms with Crippen LogP contribution in [0.4, 0.5) is 0 Å². The van der Waals surface area contributed by atoms with Gasteiger partial charge in [0.1, 0.15) is 5.75 Å². The molecule has 4 nitrogen and oxygen atoms in total. The molecule has 1 aromatic rings. The predicted octanol–water partition coefficient (Wildman–Crippen LogP) is 3.38. The molecule has 1 saturated carbocycles. The first kappa shape index (κ1) is 14.6. The van der Waals surface area contributed by atoms with E-state index in [0.29, 0.717) is 18.1 Å². The summed E-state index contributed by atoms with van der Waals surface area (Å²) in [6, 6.07) is 7.11. The van der Waals surface area contributed by atoms with Gasteiger partial charge in [-0.3, -0.25) is 4.79 Å². The maximum Gasteiger partial charge on any atom is 0.271 e. The standard InChI is InChI=1S/C16H22N2O2/c1-3-20-15-9-7-13(8-10-15)16(19)18-17-14-6-4-5-12(2)11-14/h7-10,12H,3-6,11H2,1-2H3,(H,18,19)/b17-14-. The summed E-state index contributed by atoms with van der Waals surface area (Å²) in [4.78, 5) is 12.0. The Bertz CT molecular complexity index is 480. The Morgan fingerprint density at radius 1 is 1.40 bits per heavy atom. The first-order chi connectivity index (χ1) is 9.69. The second-order valence-corrected chi connectivity index (χ2v) is 5.28. The molecule has 2 rings (SSSR count). The van der Waals surface area contributed by atoms with E-state index >= 15 is 0 Å². The van der Waals surface area contributed by atoms with Crippen LogP contribution in [0.2, 0.25) is 0 Å². The summed E-state index contributed by atoms with van der Waals surface area (Å²) < 4.78 is 5.35. The lowest BCUT2D eigenvalue weighted by atomic mass is 9.89. The Morgan fingerprint density at radius 3 is 2.80 bits per heavy atom. The van der Waals surface area contributed by atoms with Crippen molar-refractivity contribution in [2.75, 3.05) is 6.61 Å². The van der Waals surface area contributed by atoms with Crippen molar-refractivity contribution < 1.29 is 9.53 Å². The number of carbonyl (C=O) groups excluding carboxylic acids is 1. The van der Waals surface area contributed by atoms with Crippen molar-refractivity contribution in [3.63, 3.8) is 0 Å². The highest BCUT2D eigenvalue weighted by molar-refractivity contribution is 5.95. The van der Waals surface area contributed by atoms with Gasteiger partial charge in [-0.25, -0.2) is 5.43 Å². The molecule has 20 heavy (non-hydrogen) atoms. The predicted molar refractivity (Wildman–Crippen MR) is 80.1 cm³/mol. The van der Waals surface area contributed by atoms with Crippen LogP contribution in [0.15, 0.2) is 29.4 Å². The van der Waals surface area contributed by atoms with Crippen molar-refractivity contribution in [3.8, 4) is 5.75 Å². The minimum Gasteiger partial charge on any atom is -0.494 e. The van der Waals surface area contributed by atoms with Crippen molar-refractivity contribution in [3.05, 3.63) is 29.8 Å². The zero-order valence-corrected chi connectivity index (χ0v) is 12.2. The number of benzene rings is 1. The lowest BCUT2D eigenvalue weighted by Gasteiger charge is -2.18. The third-order valence-corrected chi connectivity index (χ3v) is 3.49. The van der Waals surface area contributed by atoms with Crippen molar-refractivity contribution >= 4 is 11.6 Å². The lowest BCUT2D eigenvalue weighted by Crippen LogP contribution is -2.22. The summed E-state index contributed by atoms with van der Waals surface area (Å²) in [5.74, 6) is 1.28. The van der Waals surface area contributed by atoms with Gasteiger partial charge in [0.15, 0.2) is 0 Å². The molecule has 0 radical (unpaired) electrons. The van der Waals surface area contributed by atoms with E-state index in [0.717, 1.165) is 24.3 Å². The van der Waals surface area contributed by atoms with Gasteiger partial charge in [-0.15, -0.1) is 0 Å². The molecule has 0 heterocycles. The van der Waals surface area contributed by atoms with E-state index in [2.05, 4.69) is 17.5 Å². The van der Waals surface area contributed by atoms with Gasteiger partial charge < -0.3 is 4.74 Å². The highest BCUT2D eigenvalue weighted by atomic mass is 16.5. The van der Waals surface area contributed by atoms with Gasteiger partial charge in [-0.05, 0) is 62.8 Å². The van der Waals surface area contributed by atoms with E-state index in [1.54, 1.807) is 24.3 Å². The molecule has 0 bridgehead atoms. The van der Waals surface area contributed by atoms with Crippen molar-refractivity contribution in [2.24, 2.45) is 11.0 Å². The minimum absolute atomic E-state index is 0.168. The minimum atomic E-state index is -0.168. The molecule has 1 aliphatic rings. The van der Waals surface area contributed by atoms with E-state index in [-0.39, 0.29) is 5.91 Å². The zero-order chi connectivity index (χ0) is 14.4. The molecule has 1 amide bonds. The number of hydrogen-bond acceptors (Lipinski definition) is 3. The Balaban J connectivity index is 1.92. The van der Waals surface area contributed by atoms with Gasteiger partial charge in [-0.2, -0.15) is 5.10 Å². The van der Waals surface area contributed by atoms with E-state index in [9.17, 15) is 4.79 Å². The number of amides is 1. The molecule has 0 spiro atoms. The highest BCUT2D eigenvalue weighted by Crippen LogP contribution is 2.21. The monoisotopic (exact) mass is 274 g/mol. The molecule has 108 valence electrons. The van der Waals surface area contributed by atoms with E-state index in [4.69, 9.17) is 4.74 Å². The van der Waals surface area contributed by atoms with Crippen LogP contribution in [0.5, 0.6) is 5.75 Å². The number of nitrogens with zero attached hydrogens (tertiary/aromatic N) is 1. The molecule has 0 aromatic heterocycles. The van der Waals surface area contributed by atoms with Crippen LogP contribution >= 0.6 is 0 Å². The molecule has 1 aromatic carbocycles. The van der Waals surface area contributed by atoms with Gasteiger partial charge >= 0.3 is 0 Å². The van der Waals surface area contributed by atoms with Crippen LogP contribution < -0.4 is 10.2 Å². The average molecular weight is 274 g/mol. The molecule has 1 fully saturated rings. The van der Waals surface area contributed by atoms with E-state index in [1.165, 1.54) is 12.8 Å². The normalized spacial score (nSPS) is 20.7. The number of hydrogen-bond donors (Lipinski definition) is 1. The molecule has 0 aliphatic heterocycles. The molecule has 1 aliphatic carbocycles. The number of hydrazone groups is 1. The maximum atomic E-state index is 12.0. The topological polar surface area (TPSA) is 50.7 Å². The zero-order valence-electron chi connectivity index (χ0n) is 12.2.